The van der Waals surface area contributed by atoms with E-state index in [1.54, 1.807) is 18.2 Å². The zero-order valence-corrected chi connectivity index (χ0v) is 12.9. The summed E-state index contributed by atoms with van der Waals surface area (Å²) in [4.78, 5) is 0.114. The molecule has 0 N–H and O–H groups in total. The van der Waals surface area contributed by atoms with E-state index in [2.05, 4.69) is 4.24 Å². The molecule has 1 aromatic carbocycles. The van der Waals surface area contributed by atoms with Crippen molar-refractivity contribution in [2.24, 2.45) is 0 Å². The van der Waals surface area contributed by atoms with Crippen LogP contribution in [0.5, 0.6) is 0 Å². The molecule has 0 aromatic heterocycles. The first kappa shape index (κ1) is 18.3. The van der Waals surface area contributed by atoms with Crippen LogP contribution in [0.4, 0.5) is 0 Å². The van der Waals surface area contributed by atoms with Gasteiger partial charge < -0.3 is 4.24 Å². The quantitative estimate of drug-likeness (QED) is 0.694. The molecule has 16 heavy (non-hydrogen) atoms. The molecule has 0 bridgehead atoms. The van der Waals surface area contributed by atoms with E-state index >= 15 is 0 Å². The van der Waals surface area contributed by atoms with Gasteiger partial charge in [0.2, 0.25) is 0 Å². The number of benzene rings is 1. The Bertz CT molecular complexity index is 440. The molecule has 4 nitrogen and oxygen atoms in total. The van der Waals surface area contributed by atoms with E-state index in [1.165, 1.54) is 19.1 Å². The van der Waals surface area contributed by atoms with Crippen molar-refractivity contribution in [3.05, 3.63) is 34.1 Å². The molecule has 0 saturated heterocycles. The first-order valence-corrected chi connectivity index (χ1v) is 5.71. The number of aryl methyl sites for hydroxylation is 1. The average Bonchev–Trinajstić information content (AvgIpc) is 2.20. The summed E-state index contributed by atoms with van der Waals surface area (Å²) in [6, 6.07) is 8.07. The molecule has 0 spiro atoms. The summed E-state index contributed by atoms with van der Waals surface area (Å²) in [7, 11) is -3.62. The van der Waals surface area contributed by atoms with Crippen LogP contribution in [0.25, 0.3) is 4.24 Å². The van der Waals surface area contributed by atoms with Crippen molar-refractivity contribution in [3.8, 4) is 6.07 Å². The van der Waals surface area contributed by atoms with Gasteiger partial charge in [0, 0.05) is 11.8 Å². The van der Waals surface area contributed by atoms with Gasteiger partial charge in [-0.1, -0.05) is 17.7 Å². The molecule has 0 fully saturated rings. The van der Waals surface area contributed by atoms with Crippen LogP contribution in [0, 0.1) is 18.3 Å². The summed E-state index contributed by atoms with van der Waals surface area (Å²) in [5, 5.41) is 7.32. The zero-order valence-electron chi connectivity index (χ0n) is 9.31. The molecule has 7 heteroatoms. The van der Waals surface area contributed by atoms with Crippen LogP contribution in [-0.4, -0.2) is 8.42 Å². The van der Waals surface area contributed by atoms with E-state index in [4.69, 9.17) is 17.0 Å². The maximum atomic E-state index is 11.0. The molecule has 1 rings (SSSR count). The van der Waals surface area contributed by atoms with Crippen LogP contribution in [0.15, 0.2) is 29.2 Å². The van der Waals surface area contributed by atoms with Crippen LogP contribution >= 0.6 is 11.8 Å². The first-order valence-electron chi connectivity index (χ1n) is 3.93. The van der Waals surface area contributed by atoms with Crippen LogP contribution in [0.3, 0.4) is 0 Å². The monoisotopic (exact) mass is 268 g/mol. The average molecular weight is 269 g/mol. The van der Waals surface area contributed by atoms with Gasteiger partial charge in [-0.25, -0.2) is 8.42 Å². The number of nitriles is 1. The third-order valence-electron chi connectivity index (χ3n) is 1.41. The van der Waals surface area contributed by atoms with E-state index in [9.17, 15) is 8.42 Å². The maximum Gasteiger partial charge on any atom is 1.00 e. The van der Waals surface area contributed by atoms with Crippen LogP contribution in [0.2, 0.25) is 0 Å². The molecular weight excluding hydrogens is 259 g/mol. The summed E-state index contributed by atoms with van der Waals surface area (Å²) >= 11 is 4.90. The van der Waals surface area contributed by atoms with Crippen LogP contribution in [-0.2, 0) is 10.0 Å². The molecule has 0 radical (unpaired) electrons. The van der Waals surface area contributed by atoms with Gasteiger partial charge in [0.05, 0.1) is 6.07 Å². The Labute approximate surface area is 123 Å². The maximum absolute atomic E-state index is 11.0. The van der Waals surface area contributed by atoms with Crippen molar-refractivity contribution < 1.29 is 38.0 Å². The number of hydrogen-bond donors (Lipinski definition) is 0. The predicted molar refractivity (Wildman–Crippen MR) is 58.9 cm³/mol. The minimum absolute atomic E-state index is 0. The number of rotatable bonds is 2. The number of hydrogen-bond acceptors (Lipinski definition) is 3. The fourth-order valence-electron chi connectivity index (χ4n) is 0.750. The predicted octanol–water partition coefficient (Wildman–Crippen LogP) is -0.255. The fraction of sp³-hybridized carbons (Fsp3) is 0.222. The summed E-state index contributed by atoms with van der Waals surface area (Å²) in [5.41, 5.74) is 0.989. The Morgan fingerprint density at radius 3 is 2.00 bits per heavy atom. The van der Waals surface area contributed by atoms with Gasteiger partial charge in [0.1, 0.15) is 10.0 Å². The second-order valence-electron chi connectivity index (χ2n) is 2.58. The van der Waals surface area contributed by atoms with Gasteiger partial charge in [-0.05, 0) is 19.1 Å². The first-order chi connectivity index (χ1) is 6.97. The normalized spacial score (nSPS) is 9.12. The summed E-state index contributed by atoms with van der Waals surface area (Å²) in [6.07, 6.45) is 0. The third-order valence-corrected chi connectivity index (χ3v) is 3.00. The molecule has 0 aliphatic heterocycles. The topological polar surface area (TPSA) is 72.0 Å². The molecule has 0 unspecified atom stereocenters. The Morgan fingerprint density at radius 1 is 1.31 bits per heavy atom. The van der Waals surface area contributed by atoms with E-state index < -0.39 is 10.0 Å². The molecule has 0 heterocycles. The Balaban J connectivity index is 0. The molecule has 0 amide bonds. The van der Waals surface area contributed by atoms with Gasteiger partial charge in [-0.2, -0.15) is 5.26 Å². The summed E-state index contributed by atoms with van der Waals surface area (Å²) < 4.78 is 24.8. The van der Waals surface area contributed by atoms with Crippen LogP contribution in [0.1, 0.15) is 12.5 Å². The van der Waals surface area contributed by atoms with Crippen molar-refractivity contribution in [1.82, 2.24) is 0 Å². The number of sulfonamides is 1. The molecule has 82 valence electrons. The number of nitrogens with zero attached hydrogens (tertiary/aromatic N) is 2. The Hall–Kier alpha value is -0.0900. The Morgan fingerprint density at radius 2 is 1.69 bits per heavy atom. The minimum Gasteiger partial charge on any atom is -0.458 e. The third kappa shape index (κ3) is 6.48. The van der Waals surface area contributed by atoms with Gasteiger partial charge in [-0.3, -0.25) is 11.8 Å². The SMILES string of the molecule is CC#N.Cc1ccc(S(=O)(=O)[N-]Cl)cc1.[Na+]. The second-order valence-corrected chi connectivity index (χ2v) is 4.55. The standard InChI is InChI=1S/C7H7ClNO2S.C2H3N.Na/c1-6-2-4-7(5-3-6)12(10,11)9-8;1-2-3;/h2-5H,1H3;1H3;/q-1;;+1. The molecule has 0 atom stereocenters. The molecule has 1 aromatic rings. The van der Waals surface area contributed by atoms with E-state index in [0.717, 1.165) is 5.56 Å². The smallest absolute Gasteiger partial charge is 0.458 e. The fourth-order valence-corrected chi connectivity index (χ4v) is 1.55. The number of halogens is 1. The summed E-state index contributed by atoms with van der Waals surface area (Å²) in [5.74, 6) is 0. The molecular formula is C9H10ClN2NaO2S. The minimum atomic E-state index is -3.62. The molecule has 0 saturated carbocycles. The van der Waals surface area contributed by atoms with Crippen molar-refractivity contribution in [2.45, 2.75) is 18.7 Å². The van der Waals surface area contributed by atoms with Gasteiger partial charge >= 0.3 is 29.6 Å². The van der Waals surface area contributed by atoms with Gasteiger partial charge in [0.15, 0.2) is 0 Å². The van der Waals surface area contributed by atoms with Gasteiger partial charge in [-0.15, -0.1) is 0 Å². The van der Waals surface area contributed by atoms with E-state index in [-0.39, 0.29) is 34.5 Å². The van der Waals surface area contributed by atoms with Crippen LogP contribution < -0.4 is 29.6 Å². The van der Waals surface area contributed by atoms with Crippen molar-refractivity contribution in [2.75, 3.05) is 0 Å². The Kier molecular flexibility index (Phi) is 10.3. The van der Waals surface area contributed by atoms with Crippen molar-refractivity contribution in [1.29, 1.82) is 5.26 Å². The zero-order chi connectivity index (χ0) is 11.9. The largest absolute Gasteiger partial charge is 1.00 e. The van der Waals surface area contributed by atoms with E-state index in [1.807, 2.05) is 6.92 Å². The molecule has 0 aliphatic carbocycles. The van der Waals surface area contributed by atoms with E-state index in [0.29, 0.717) is 0 Å². The summed E-state index contributed by atoms with van der Waals surface area (Å²) in [6.45, 7) is 3.30. The van der Waals surface area contributed by atoms with Gasteiger partial charge in [0.25, 0.3) is 0 Å². The second kappa shape index (κ2) is 8.99. The molecule has 0 aliphatic rings. The van der Waals surface area contributed by atoms with Crippen molar-refractivity contribution in [3.63, 3.8) is 0 Å². The van der Waals surface area contributed by atoms with Crippen molar-refractivity contribution >= 4 is 21.8 Å².